The van der Waals surface area contributed by atoms with Crippen LogP contribution in [-0.2, 0) is 0 Å². The molecule has 76 valence electrons. The summed E-state index contributed by atoms with van der Waals surface area (Å²) < 4.78 is 0. The van der Waals surface area contributed by atoms with Gasteiger partial charge in [-0.3, -0.25) is 0 Å². The van der Waals surface area contributed by atoms with Crippen LogP contribution in [0.5, 0.6) is 0 Å². The van der Waals surface area contributed by atoms with Gasteiger partial charge in [0.15, 0.2) is 0 Å². The maximum absolute atomic E-state index is 8.11. The van der Waals surface area contributed by atoms with E-state index in [-0.39, 0.29) is 19.8 Å². The largest absolute Gasteiger partial charge is 0.394 e. The van der Waals surface area contributed by atoms with Crippen molar-refractivity contribution < 1.29 is 20.4 Å². The zero-order valence-corrected chi connectivity index (χ0v) is 7.77. The van der Waals surface area contributed by atoms with Crippen LogP contribution in [-0.4, -0.2) is 46.4 Å². The molecular weight excluding hydrogens is 160 g/mol. The van der Waals surface area contributed by atoms with Gasteiger partial charge in [0, 0.05) is 0 Å². The van der Waals surface area contributed by atoms with Crippen LogP contribution < -0.4 is 0 Å². The van der Waals surface area contributed by atoms with Crippen LogP contribution in [0, 0.1) is 0 Å². The molecule has 4 N–H and O–H groups in total. The lowest BCUT2D eigenvalue weighted by Gasteiger charge is -1.90. The van der Waals surface area contributed by atoms with Crippen molar-refractivity contribution in [1.82, 2.24) is 0 Å². The molecule has 1 atom stereocenters. The SMILES string of the molecule is C=CC.CC(O)CO.OCCO. The van der Waals surface area contributed by atoms with Crippen molar-refractivity contribution in [3.63, 3.8) is 0 Å². The van der Waals surface area contributed by atoms with Crippen molar-refractivity contribution in [3.05, 3.63) is 12.7 Å². The van der Waals surface area contributed by atoms with E-state index in [1.54, 1.807) is 6.08 Å². The molecule has 0 aliphatic heterocycles. The van der Waals surface area contributed by atoms with Crippen LogP contribution >= 0.6 is 0 Å². The third-order valence-electron chi connectivity index (χ3n) is 0.364. The van der Waals surface area contributed by atoms with E-state index in [4.69, 9.17) is 20.4 Å². The van der Waals surface area contributed by atoms with Gasteiger partial charge in [-0.05, 0) is 13.8 Å². The molecular formula is C8H20O4. The third kappa shape index (κ3) is 106. The highest BCUT2D eigenvalue weighted by atomic mass is 16.3. The Morgan fingerprint density at radius 1 is 1.25 bits per heavy atom. The summed E-state index contributed by atoms with van der Waals surface area (Å²) in [6, 6.07) is 0. The van der Waals surface area contributed by atoms with Crippen molar-refractivity contribution >= 4 is 0 Å². The Bertz CT molecular complexity index is 62.1. The van der Waals surface area contributed by atoms with Gasteiger partial charge in [-0.2, -0.15) is 0 Å². The molecule has 0 aliphatic carbocycles. The average molecular weight is 180 g/mol. The van der Waals surface area contributed by atoms with Crippen LogP contribution in [0.4, 0.5) is 0 Å². The van der Waals surface area contributed by atoms with Gasteiger partial charge in [0.1, 0.15) is 0 Å². The number of rotatable bonds is 2. The van der Waals surface area contributed by atoms with E-state index in [0.717, 1.165) is 0 Å². The van der Waals surface area contributed by atoms with Crippen LogP contribution in [0.3, 0.4) is 0 Å². The molecule has 0 rings (SSSR count). The number of aliphatic hydroxyl groups excluding tert-OH is 4. The fourth-order valence-electron chi connectivity index (χ4n) is 0. The predicted molar refractivity (Wildman–Crippen MR) is 48.8 cm³/mol. The Morgan fingerprint density at radius 3 is 1.42 bits per heavy atom. The second-order valence-corrected chi connectivity index (χ2v) is 1.89. The lowest BCUT2D eigenvalue weighted by molar-refractivity contribution is 0.110. The molecule has 4 heteroatoms. The number of hydrogen-bond acceptors (Lipinski definition) is 4. The third-order valence-corrected chi connectivity index (χ3v) is 0.364. The molecule has 0 heterocycles. The summed E-state index contributed by atoms with van der Waals surface area (Å²) in [5, 5.41) is 31.3. The van der Waals surface area contributed by atoms with Crippen LogP contribution in [0.2, 0.25) is 0 Å². The maximum Gasteiger partial charge on any atom is 0.0742 e. The Kier molecular flexibility index (Phi) is 32.9. The lowest BCUT2D eigenvalue weighted by atomic mass is 10.5. The van der Waals surface area contributed by atoms with Crippen molar-refractivity contribution in [2.45, 2.75) is 20.0 Å². The standard InChI is InChI=1S/C3H8O2.C3H6.C2H6O2/c1-3(5)2-4;1-3-2;3-1-2-4/h3-5H,2H2,1H3;3H,1H2,2H3;3-4H,1-2H2. The summed E-state index contributed by atoms with van der Waals surface area (Å²) in [7, 11) is 0. The molecule has 0 saturated heterocycles. The van der Waals surface area contributed by atoms with E-state index in [1.807, 2.05) is 6.92 Å². The topological polar surface area (TPSA) is 80.9 Å². The lowest BCUT2D eigenvalue weighted by Crippen LogP contribution is -2.03. The van der Waals surface area contributed by atoms with Gasteiger partial charge in [0.2, 0.25) is 0 Å². The van der Waals surface area contributed by atoms with Crippen molar-refractivity contribution in [3.8, 4) is 0 Å². The number of hydrogen-bond donors (Lipinski definition) is 4. The molecule has 0 spiro atoms. The quantitative estimate of drug-likeness (QED) is 0.433. The van der Waals surface area contributed by atoms with Crippen LogP contribution in [0.1, 0.15) is 13.8 Å². The van der Waals surface area contributed by atoms with Gasteiger partial charge < -0.3 is 20.4 Å². The van der Waals surface area contributed by atoms with E-state index in [2.05, 4.69) is 6.58 Å². The number of allylic oxidation sites excluding steroid dienone is 1. The summed E-state index contributed by atoms with van der Waals surface area (Å²) in [5.74, 6) is 0. The minimum absolute atomic E-state index is 0.125. The molecule has 0 aromatic heterocycles. The Hall–Kier alpha value is -0.420. The first kappa shape index (κ1) is 17.6. The zero-order valence-electron chi connectivity index (χ0n) is 7.77. The molecule has 0 radical (unpaired) electrons. The summed E-state index contributed by atoms with van der Waals surface area (Å²) in [6.07, 6.45) is 1.19. The highest BCUT2D eigenvalue weighted by Gasteiger charge is 1.83. The predicted octanol–water partition coefficient (Wildman–Crippen LogP) is -0.477. The fraction of sp³-hybridized carbons (Fsp3) is 0.750. The van der Waals surface area contributed by atoms with E-state index >= 15 is 0 Å². The normalized spacial score (nSPS) is 9.83. The first-order valence-electron chi connectivity index (χ1n) is 3.68. The molecule has 0 amide bonds. The second-order valence-electron chi connectivity index (χ2n) is 1.89. The van der Waals surface area contributed by atoms with Gasteiger partial charge in [-0.1, -0.05) is 6.08 Å². The number of aliphatic hydroxyl groups is 4. The van der Waals surface area contributed by atoms with Gasteiger partial charge in [0.25, 0.3) is 0 Å². The van der Waals surface area contributed by atoms with Crippen LogP contribution in [0.15, 0.2) is 12.7 Å². The molecule has 0 saturated carbocycles. The van der Waals surface area contributed by atoms with Crippen LogP contribution in [0.25, 0.3) is 0 Å². The molecule has 0 fully saturated rings. The maximum atomic E-state index is 8.11. The van der Waals surface area contributed by atoms with E-state index in [0.29, 0.717) is 0 Å². The Balaban J connectivity index is -0.000000105. The van der Waals surface area contributed by atoms with Gasteiger partial charge in [-0.25, -0.2) is 0 Å². The molecule has 4 nitrogen and oxygen atoms in total. The van der Waals surface area contributed by atoms with E-state index in [9.17, 15) is 0 Å². The molecule has 12 heavy (non-hydrogen) atoms. The summed E-state index contributed by atoms with van der Waals surface area (Å²) in [5.41, 5.74) is 0. The Morgan fingerprint density at radius 2 is 1.42 bits per heavy atom. The summed E-state index contributed by atoms with van der Waals surface area (Å²) in [4.78, 5) is 0. The van der Waals surface area contributed by atoms with Gasteiger partial charge >= 0.3 is 0 Å². The highest BCUT2D eigenvalue weighted by molar-refractivity contribution is 4.51. The Labute approximate surface area is 73.8 Å². The molecule has 0 aromatic carbocycles. The minimum Gasteiger partial charge on any atom is -0.394 e. The van der Waals surface area contributed by atoms with Gasteiger partial charge in [0.05, 0.1) is 25.9 Å². The molecule has 0 aromatic rings. The van der Waals surface area contributed by atoms with Crippen molar-refractivity contribution in [2.24, 2.45) is 0 Å². The second kappa shape index (κ2) is 22.4. The fourth-order valence-corrected chi connectivity index (χ4v) is 0. The minimum atomic E-state index is -0.560. The zero-order chi connectivity index (χ0) is 10.4. The monoisotopic (exact) mass is 180 g/mol. The summed E-state index contributed by atoms with van der Waals surface area (Å²) in [6.45, 7) is 6.39. The molecule has 0 bridgehead atoms. The van der Waals surface area contributed by atoms with Crippen molar-refractivity contribution in [1.29, 1.82) is 0 Å². The molecule has 0 aliphatic rings. The van der Waals surface area contributed by atoms with Crippen molar-refractivity contribution in [2.75, 3.05) is 19.8 Å². The smallest absolute Gasteiger partial charge is 0.0742 e. The first-order chi connectivity index (χ1) is 5.60. The summed E-state index contributed by atoms with van der Waals surface area (Å²) >= 11 is 0. The first-order valence-corrected chi connectivity index (χ1v) is 3.68. The molecule has 1 unspecified atom stereocenters. The highest BCUT2D eigenvalue weighted by Crippen LogP contribution is 1.68. The van der Waals surface area contributed by atoms with E-state index < -0.39 is 6.10 Å². The average Bonchev–Trinajstić information content (AvgIpc) is 2.06. The van der Waals surface area contributed by atoms with Gasteiger partial charge in [-0.15, -0.1) is 6.58 Å². The van der Waals surface area contributed by atoms with E-state index in [1.165, 1.54) is 6.92 Å².